The highest BCUT2D eigenvalue weighted by molar-refractivity contribution is 8.14. The van der Waals surface area contributed by atoms with E-state index >= 15 is 0 Å². The molecule has 1 saturated heterocycles. The maximum atomic E-state index is 12.3. The summed E-state index contributed by atoms with van der Waals surface area (Å²) >= 11 is 1.13. The number of likely N-dealkylation sites (tertiary alicyclic amines) is 1. The van der Waals surface area contributed by atoms with Gasteiger partial charge in [-0.25, -0.2) is 9.59 Å². The Balaban J connectivity index is 2.00. The molecule has 1 heterocycles. The van der Waals surface area contributed by atoms with E-state index in [0.29, 0.717) is 6.42 Å². The molecule has 0 radical (unpaired) electrons. The SMILES string of the molecule is COC(=O)[C@@H]1C[C@H](SC(C)=O)CN1C(=O)OCc1ccccc1. The van der Waals surface area contributed by atoms with Crippen molar-refractivity contribution in [2.24, 2.45) is 0 Å². The highest BCUT2D eigenvalue weighted by atomic mass is 32.2. The lowest BCUT2D eigenvalue weighted by Gasteiger charge is -2.21. The van der Waals surface area contributed by atoms with Crippen molar-refractivity contribution in [3.05, 3.63) is 35.9 Å². The van der Waals surface area contributed by atoms with Crippen molar-refractivity contribution in [1.29, 1.82) is 0 Å². The van der Waals surface area contributed by atoms with Gasteiger partial charge >= 0.3 is 12.1 Å². The van der Waals surface area contributed by atoms with Crippen molar-refractivity contribution in [1.82, 2.24) is 4.90 Å². The highest BCUT2D eigenvalue weighted by Crippen LogP contribution is 2.29. The third-order valence-electron chi connectivity index (χ3n) is 3.51. The minimum absolute atomic E-state index is 0.0434. The van der Waals surface area contributed by atoms with Gasteiger partial charge in [0, 0.05) is 18.7 Å². The number of benzene rings is 1. The van der Waals surface area contributed by atoms with E-state index in [1.54, 1.807) is 0 Å². The van der Waals surface area contributed by atoms with Crippen LogP contribution in [0.3, 0.4) is 0 Å². The van der Waals surface area contributed by atoms with Crippen LogP contribution in [0.25, 0.3) is 0 Å². The van der Waals surface area contributed by atoms with E-state index in [1.165, 1.54) is 18.9 Å². The zero-order chi connectivity index (χ0) is 16.8. The third kappa shape index (κ3) is 4.72. The molecular formula is C16H19NO5S. The molecule has 2 rings (SSSR count). The van der Waals surface area contributed by atoms with Gasteiger partial charge in [0.05, 0.1) is 7.11 Å². The number of esters is 1. The summed E-state index contributed by atoms with van der Waals surface area (Å²) in [5, 5.41) is -0.168. The van der Waals surface area contributed by atoms with Crippen molar-refractivity contribution in [3.63, 3.8) is 0 Å². The summed E-state index contributed by atoms with van der Waals surface area (Å²) in [5.74, 6) is -0.492. The molecule has 7 heteroatoms. The van der Waals surface area contributed by atoms with Crippen LogP contribution in [0.5, 0.6) is 0 Å². The van der Waals surface area contributed by atoms with Gasteiger partial charge in [0.2, 0.25) is 0 Å². The van der Waals surface area contributed by atoms with Crippen LogP contribution in [0.1, 0.15) is 18.9 Å². The van der Waals surface area contributed by atoms with Crippen LogP contribution < -0.4 is 0 Å². The molecule has 0 saturated carbocycles. The molecule has 23 heavy (non-hydrogen) atoms. The molecule has 1 fully saturated rings. The number of hydrogen-bond acceptors (Lipinski definition) is 6. The smallest absolute Gasteiger partial charge is 0.410 e. The molecule has 2 atom stereocenters. The molecule has 0 bridgehead atoms. The van der Waals surface area contributed by atoms with Crippen molar-refractivity contribution >= 4 is 28.9 Å². The molecule has 0 N–H and O–H groups in total. The Morgan fingerprint density at radius 1 is 1.26 bits per heavy atom. The number of nitrogens with zero attached hydrogens (tertiary/aromatic N) is 1. The molecule has 1 aromatic carbocycles. The standard InChI is InChI=1S/C16H19NO5S/c1-11(18)23-13-8-14(15(19)21-2)17(9-13)16(20)22-10-12-6-4-3-5-7-12/h3-7,13-14H,8-10H2,1-2H3/t13-,14-/m0/s1. The summed E-state index contributed by atoms with van der Waals surface area (Å²) in [4.78, 5) is 36.7. The lowest BCUT2D eigenvalue weighted by Crippen LogP contribution is -2.41. The topological polar surface area (TPSA) is 72.9 Å². The molecule has 0 spiro atoms. The number of thioether (sulfide) groups is 1. The highest BCUT2D eigenvalue weighted by Gasteiger charge is 2.41. The van der Waals surface area contributed by atoms with E-state index in [0.717, 1.165) is 17.3 Å². The first-order valence-corrected chi connectivity index (χ1v) is 8.11. The second-order valence-corrected chi connectivity index (χ2v) is 6.68. The Labute approximate surface area is 139 Å². The molecule has 6 nitrogen and oxygen atoms in total. The molecule has 0 unspecified atom stereocenters. The number of hydrogen-bond donors (Lipinski definition) is 0. The van der Waals surface area contributed by atoms with E-state index in [-0.39, 0.29) is 23.5 Å². The molecule has 1 aliphatic rings. The number of ether oxygens (including phenoxy) is 2. The van der Waals surface area contributed by atoms with Crippen LogP contribution >= 0.6 is 11.8 Å². The number of carbonyl (C=O) groups is 3. The van der Waals surface area contributed by atoms with Crippen LogP contribution in [0.15, 0.2) is 30.3 Å². The lowest BCUT2D eigenvalue weighted by atomic mass is 10.2. The predicted octanol–water partition coefficient (Wildman–Crippen LogP) is 2.22. The van der Waals surface area contributed by atoms with E-state index in [9.17, 15) is 14.4 Å². The maximum Gasteiger partial charge on any atom is 0.410 e. The zero-order valence-corrected chi connectivity index (χ0v) is 13.9. The Kier molecular flexibility index (Phi) is 6.04. The molecule has 1 aliphatic heterocycles. The number of amides is 1. The van der Waals surface area contributed by atoms with Crippen molar-refractivity contribution in [2.75, 3.05) is 13.7 Å². The van der Waals surface area contributed by atoms with Gasteiger partial charge < -0.3 is 9.47 Å². The van der Waals surface area contributed by atoms with Gasteiger partial charge in [-0.2, -0.15) is 0 Å². The Hall–Kier alpha value is -2.02. The summed E-state index contributed by atoms with van der Waals surface area (Å²) in [6, 6.07) is 8.58. The normalized spacial score (nSPS) is 20.2. The first-order chi connectivity index (χ1) is 11.0. The van der Waals surface area contributed by atoms with Crippen molar-refractivity contribution < 1.29 is 23.9 Å². The van der Waals surface area contributed by atoms with E-state index in [1.807, 2.05) is 30.3 Å². The van der Waals surface area contributed by atoms with E-state index in [2.05, 4.69) is 0 Å². The zero-order valence-electron chi connectivity index (χ0n) is 13.1. The monoisotopic (exact) mass is 337 g/mol. The Morgan fingerprint density at radius 2 is 1.96 bits per heavy atom. The largest absolute Gasteiger partial charge is 0.467 e. The first-order valence-electron chi connectivity index (χ1n) is 7.23. The average Bonchev–Trinajstić information content (AvgIpc) is 2.96. The van der Waals surface area contributed by atoms with Gasteiger partial charge in [0.1, 0.15) is 12.6 Å². The van der Waals surface area contributed by atoms with Crippen LogP contribution in [0, 0.1) is 0 Å². The fourth-order valence-electron chi connectivity index (χ4n) is 2.48. The summed E-state index contributed by atoms with van der Waals surface area (Å²) in [6.45, 7) is 1.89. The van der Waals surface area contributed by atoms with Crippen molar-refractivity contribution in [3.8, 4) is 0 Å². The molecule has 124 valence electrons. The quantitative estimate of drug-likeness (QED) is 0.785. The van der Waals surface area contributed by atoms with Crippen LogP contribution in [0.2, 0.25) is 0 Å². The van der Waals surface area contributed by atoms with E-state index in [4.69, 9.17) is 9.47 Å². The molecular weight excluding hydrogens is 318 g/mol. The molecule has 1 aromatic rings. The van der Waals surface area contributed by atoms with Gasteiger partial charge in [0.15, 0.2) is 5.12 Å². The Morgan fingerprint density at radius 3 is 2.57 bits per heavy atom. The van der Waals surface area contributed by atoms with Crippen LogP contribution in [-0.4, -0.2) is 47.0 Å². The number of methoxy groups -OCH3 is 1. The maximum absolute atomic E-state index is 12.3. The van der Waals surface area contributed by atoms with Gasteiger partial charge in [-0.3, -0.25) is 9.69 Å². The van der Waals surface area contributed by atoms with Gasteiger partial charge in [-0.15, -0.1) is 0 Å². The molecule has 0 aromatic heterocycles. The average molecular weight is 337 g/mol. The van der Waals surface area contributed by atoms with Crippen LogP contribution in [-0.2, 0) is 25.7 Å². The Bertz CT molecular complexity index is 577. The number of carbonyl (C=O) groups excluding carboxylic acids is 3. The van der Waals surface area contributed by atoms with Crippen LogP contribution in [0.4, 0.5) is 4.79 Å². The number of rotatable bonds is 4. The molecule has 1 amide bonds. The van der Waals surface area contributed by atoms with Gasteiger partial charge in [0.25, 0.3) is 0 Å². The summed E-state index contributed by atoms with van der Waals surface area (Å²) in [5.41, 5.74) is 0.865. The van der Waals surface area contributed by atoms with Gasteiger partial charge in [-0.1, -0.05) is 42.1 Å². The van der Waals surface area contributed by atoms with E-state index < -0.39 is 18.1 Å². The fraction of sp³-hybridized carbons (Fsp3) is 0.438. The minimum Gasteiger partial charge on any atom is -0.467 e. The summed E-state index contributed by atoms with van der Waals surface area (Å²) < 4.78 is 10.0. The second-order valence-electron chi connectivity index (χ2n) is 5.20. The second kappa shape index (κ2) is 8.01. The predicted molar refractivity (Wildman–Crippen MR) is 85.8 cm³/mol. The fourth-order valence-corrected chi connectivity index (χ4v) is 3.46. The minimum atomic E-state index is -0.708. The van der Waals surface area contributed by atoms with Gasteiger partial charge in [-0.05, 0) is 12.0 Å². The first kappa shape index (κ1) is 17.3. The summed E-state index contributed by atoms with van der Waals surface area (Å²) in [6.07, 6.45) is -0.187. The summed E-state index contributed by atoms with van der Waals surface area (Å²) in [7, 11) is 1.28. The third-order valence-corrected chi connectivity index (χ3v) is 4.52. The van der Waals surface area contributed by atoms with Crippen molar-refractivity contribution in [2.45, 2.75) is 31.2 Å². The molecule has 0 aliphatic carbocycles. The lowest BCUT2D eigenvalue weighted by molar-refractivity contribution is -0.145.